The minimum atomic E-state index is -0.148. The molecule has 0 fully saturated rings. The summed E-state index contributed by atoms with van der Waals surface area (Å²) in [5.74, 6) is 0.564. The van der Waals surface area contributed by atoms with E-state index in [0.29, 0.717) is 17.9 Å². The Labute approximate surface area is 156 Å². The van der Waals surface area contributed by atoms with Gasteiger partial charge in [0.25, 0.3) is 5.56 Å². The van der Waals surface area contributed by atoms with Crippen LogP contribution in [0.4, 0.5) is 0 Å². The van der Waals surface area contributed by atoms with Crippen LogP contribution in [0.15, 0.2) is 84.2 Å². The van der Waals surface area contributed by atoms with Gasteiger partial charge >= 0.3 is 0 Å². The van der Waals surface area contributed by atoms with Crippen LogP contribution in [-0.4, -0.2) is 19.7 Å². The van der Waals surface area contributed by atoms with Crippen LogP contribution in [0.2, 0.25) is 0 Å². The number of benzene rings is 1. The van der Waals surface area contributed by atoms with E-state index in [1.807, 2.05) is 42.5 Å². The number of aromatic amines is 1. The Morgan fingerprint density at radius 3 is 2.63 bits per heavy atom. The maximum atomic E-state index is 12.7. The highest BCUT2D eigenvalue weighted by atomic mass is 16.1. The number of rotatable bonds is 6. The van der Waals surface area contributed by atoms with E-state index in [1.165, 1.54) is 10.2 Å². The molecule has 0 aliphatic rings. The van der Waals surface area contributed by atoms with Crippen LogP contribution >= 0.6 is 0 Å². The monoisotopic (exact) mass is 357 g/mol. The van der Waals surface area contributed by atoms with Gasteiger partial charge in [-0.1, -0.05) is 36.4 Å². The molecule has 0 radical (unpaired) electrons. The molecular weight excluding hydrogens is 338 g/mol. The van der Waals surface area contributed by atoms with Gasteiger partial charge < -0.3 is 5.32 Å². The third kappa shape index (κ3) is 3.86. The normalized spacial score (nSPS) is 10.8. The Morgan fingerprint density at radius 2 is 1.81 bits per heavy atom. The summed E-state index contributed by atoms with van der Waals surface area (Å²) in [5.41, 5.74) is 3.48. The maximum absolute atomic E-state index is 12.7. The highest BCUT2D eigenvalue weighted by molar-refractivity contribution is 5.60. The highest BCUT2D eigenvalue weighted by Crippen LogP contribution is 2.14. The molecule has 3 heterocycles. The Bertz CT molecular complexity index is 1070. The van der Waals surface area contributed by atoms with Crippen LogP contribution < -0.4 is 10.9 Å². The molecule has 4 aromatic rings. The fourth-order valence-electron chi connectivity index (χ4n) is 2.91. The van der Waals surface area contributed by atoms with Crippen LogP contribution in [-0.2, 0) is 13.1 Å². The predicted molar refractivity (Wildman–Crippen MR) is 104 cm³/mol. The lowest BCUT2D eigenvalue weighted by Crippen LogP contribution is -2.18. The first-order valence-electron chi connectivity index (χ1n) is 8.72. The number of hydrogen-bond donors (Lipinski definition) is 2. The van der Waals surface area contributed by atoms with E-state index in [0.717, 1.165) is 17.7 Å². The fourth-order valence-corrected chi connectivity index (χ4v) is 2.91. The van der Waals surface area contributed by atoms with Crippen molar-refractivity contribution in [3.8, 4) is 16.9 Å². The quantitative estimate of drug-likeness (QED) is 0.556. The van der Waals surface area contributed by atoms with Crippen molar-refractivity contribution in [3.05, 3.63) is 101 Å². The number of hydrogen-bond acceptors (Lipinski definition) is 4. The van der Waals surface area contributed by atoms with Crippen molar-refractivity contribution >= 4 is 0 Å². The van der Waals surface area contributed by atoms with Crippen LogP contribution in [0.3, 0.4) is 0 Å². The van der Waals surface area contributed by atoms with Gasteiger partial charge in [-0.2, -0.15) is 0 Å². The molecule has 0 aliphatic heterocycles. The number of aromatic nitrogens is 4. The van der Waals surface area contributed by atoms with E-state index in [4.69, 9.17) is 0 Å². The van der Waals surface area contributed by atoms with E-state index in [2.05, 4.69) is 32.5 Å². The molecule has 6 heteroatoms. The summed E-state index contributed by atoms with van der Waals surface area (Å²) in [4.78, 5) is 21.1. The molecule has 2 N–H and O–H groups in total. The van der Waals surface area contributed by atoms with Gasteiger partial charge in [0, 0.05) is 43.4 Å². The molecule has 3 aromatic heterocycles. The molecular formula is C21H19N5O. The SMILES string of the molecule is O=c1c(-c2cccnc2)c[nH]n1-c1cc(CNCc2ccccc2)ccn1. The summed E-state index contributed by atoms with van der Waals surface area (Å²) >= 11 is 0. The third-order valence-electron chi connectivity index (χ3n) is 4.28. The summed E-state index contributed by atoms with van der Waals surface area (Å²) in [6.07, 6.45) is 6.75. The summed E-state index contributed by atoms with van der Waals surface area (Å²) in [6, 6.07) is 17.8. The lowest BCUT2D eigenvalue weighted by atomic mass is 10.2. The number of H-pyrrole nitrogens is 1. The Hall–Kier alpha value is -3.51. The second-order valence-corrected chi connectivity index (χ2v) is 6.18. The average molecular weight is 357 g/mol. The van der Waals surface area contributed by atoms with E-state index >= 15 is 0 Å². The largest absolute Gasteiger partial charge is 0.309 e. The Morgan fingerprint density at radius 1 is 0.963 bits per heavy atom. The molecule has 0 atom stereocenters. The summed E-state index contributed by atoms with van der Waals surface area (Å²) in [6.45, 7) is 1.47. The minimum absolute atomic E-state index is 0.148. The summed E-state index contributed by atoms with van der Waals surface area (Å²) < 4.78 is 1.45. The molecule has 1 aromatic carbocycles. The van der Waals surface area contributed by atoms with E-state index in [-0.39, 0.29) is 5.56 Å². The number of pyridine rings is 2. The molecule has 0 aliphatic carbocycles. The Balaban J connectivity index is 1.51. The first kappa shape index (κ1) is 16.9. The van der Waals surface area contributed by atoms with Crippen LogP contribution in [0, 0.1) is 0 Å². The first-order valence-corrected chi connectivity index (χ1v) is 8.72. The van der Waals surface area contributed by atoms with Crippen molar-refractivity contribution in [2.75, 3.05) is 0 Å². The minimum Gasteiger partial charge on any atom is -0.309 e. The lowest BCUT2D eigenvalue weighted by molar-refractivity contribution is 0.690. The molecule has 27 heavy (non-hydrogen) atoms. The molecule has 0 amide bonds. The zero-order valence-corrected chi connectivity index (χ0v) is 14.7. The van der Waals surface area contributed by atoms with Crippen molar-refractivity contribution in [1.29, 1.82) is 0 Å². The van der Waals surface area contributed by atoms with Crippen molar-refractivity contribution < 1.29 is 0 Å². The molecule has 6 nitrogen and oxygen atoms in total. The van der Waals surface area contributed by atoms with Crippen LogP contribution in [0.5, 0.6) is 0 Å². The molecule has 134 valence electrons. The Kier molecular flexibility index (Phi) is 4.89. The van der Waals surface area contributed by atoms with Crippen molar-refractivity contribution in [3.63, 3.8) is 0 Å². The predicted octanol–water partition coefficient (Wildman–Crippen LogP) is 2.91. The van der Waals surface area contributed by atoms with Crippen LogP contribution in [0.1, 0.15) is 11.1 Å². The number of nitrogens with zero attached hydrogens (tertiary/aromatic N) is 3. The zero-order chi connectivity index (χ0) is 18.5. The van der Waals surface area contributed by atoms with E-state index < -0.39 is 0 Å². The first-order chi connectivity index (χ1) is 13.3. The standard InChI is InChI=1S/C21H19N5O/c27-21-19(18-7-4-9-22-14-18)15-25-26(21)20-11-17(8-10-24-20)13-23-12-16-5-2-1-3-6-16/h1-11,14-15,23,25H,12-13H2. The van der Waals surface area contributed by atoms with E-state index in [9.17, 15) is 4.79 Å². The number of nitrogens with one attached hydrogen (secondary N) is 2. The van der Waals surface area contributed by atoms with Gasteiger partial charge in [0.2, 0.25) is 0 Å². The molecule has 0 bridgehead atoms. The van der Waals surface area contributed by atoms with Crippen molar-refractivity contribution in [2.24, 2.45) is 0 Å². The summed E-state index contributed by atoms with van der Waals surface area (Å²) in [7, 11) is 0. The van der Waals surface area contributed by atoms with Gasteiger partial charge in [0.05, 0.1) is 5.56 Å². The summed E-state index contributed by atoms with van der Waals surface area (Å²) in [5, 5.41) is 6.40. The maximum Gasteiger partial charge on any atom is 0.280 e. The second kappa shape index (κ2) is 7.80. The van der Waals surface area contributed by atoms with Gasteiger partial charge in [-0.25, -0.2) is 9.67 Å². The van der Waals surface area contributed by atoms with Gasteiger partial charge in [-0.15, -0.1) is 0 Å². The second-order valence-electron chi connectivity index (χ2n) is 6.18. The molecule has 0 spiro atoms. The third-order valence-corrected chi connectivity index (χ3v) is 4.28. The smallest absolute Gasteiger partial charge is 0.280 e. The fraction of sp³-hybridized carbons (Fsp3) is 0.0952. The highest BCUT2D eigenvalue weighted by Gasteiger charge is 2.11. The van der Waals surface area contributed by atoms with Gasteiger partial charge in [-0.05, 0) is 29.3 Å². The molecule has 0 unspecified atom stereocenters. The van der Waals surface area contributed by atoms with Gasteiger partial charge in [0.1, 0.15) is 0 Å². The lowest BCUT2D eigenvalue weighted by Gasteiger charge is -2.07. The topological polar surface area (TPSA) is 75.6 Å². The molecule has 0 saturated carbocycles. The van der Waals surface area contributed by atoms with E-state index in [1.54, 1.807) is 24.8 Å². The van der Waals surface area contributed by atoms with Crippen LogP contribution in [0.25, 0.3) is 16.9 Å². The molecule has 0 saturated heterocycles. The average Bonchev–Trinajstić information content (AvgIpc) is 3.11. The van der Waals surface area contributed by atoms with Crippen molar-refractivity contribution in [2.45, 2.75) is 13.1 Å². The van der Waals surface area contributed by atoms with Gasteiger partial charge in [-0.3, -0.25) is 14.9 Å². The zero-order valence-electron chi connectivity index (χ0n) is 14.7. The molecule has 4 rings (SSSR count). The van der Waals surface area contributed by atoms with Gasteiger partial charge in [0.15, 0.2) is 5.82 Å². The van der Waals surface area contributed by atoms with Crippen molar-refractivity contribution in [1.82, 2.24) is 25.1 Å².